The van der Waals surface area contributed by atoms with Gasteiger partial charge in [-0.2, -0.15) is 0 Å². The Kier molecular flexibility index (Phi) is 6.54. The molecule has 1 fully saturated rings. The largest absolute Gasteiger partial charge is 0.467 e. The van der Waals surface area contributed by atoms with Crippen LogP contribution in [0.1, 0.15) is 24.0 Å². The summed E-state index contributed by atoms with van der Waals surface area (Å²) >= 11 is 5.90. The third-order valence-corrected chi connectivity index (χ3v) is 5.23. The van der Waals surface area contributed by atoms with E-state index >= 15 is 0 Å². The summed E-state index contributed by atoms with van der Waals surface area (Å²) < 4.78 is 10.0. The molecule has 29 heavy (non-hydrogen) atoms. The number of methoxy groups -OCH3 is 1. The van der Waals surface area contributed by atoms with Gasteiger partial charge < -0.3 is 14.8 Å². The highest BCUT2D eigenvalue weighted by Crippen LogP contribution is 2.49. The van der Waals surface area contributed by atoms with Gasteiger partial charge in [-0.15, -0.1) is 0 Å². The lowest BCUT2D eigenvalue weighted by molar-refractivity contribution is -0.152. The molecule has 6 nitrogen and oxygen atoms in total. The maximum atomic E-state index is 12.6. The van der Waals surface area contributed by atoms with Gasteiger partial charge >= 0.3 is 11.9 Å². The van der Waals surface area contributed by atoms with Gasteiger partial charge in [0.05, 0.1) is 12.5 Å². The van der Waals surface area contributed by atoms with Crippen LogP contribution >= 0.6 is 11.6 Å². The molecule has 152 valence electrons. The molecule has 0 spiro atoms. The first-order valence-electron chi connectivity index (χ1n) is 9.29. The van der Waals surface area contributed by atoms with E-state index in [1.54, 1.807) is 24.3 Å². The van der Waals surface area contributed by atoms with E-state index in [1.165, 1.54) is 7.11 Å². The lowest BCUT2D eigenvalue weighted by Gasteiger charge is -2.18. The Morgan fingerprint density at radius 2 is 1.72 bits per heavy atom. The lowest BCUT2D eigenvalue weighted by atomic mass is 9.96. The molecular formula is C22H22ClNO5. The van der Waals surface area contributed by atoms with Crippen LogP contribution in [0, 0.1) is 0 Å². The summed E-state index contributed by atoms with van der Waals surface area (Å²) in [5.74, 6) is -1.57. The minimum atomic E-state index is -0.861. The van der Waals surface area contributed by atoms with Crippen molar-refractivity contribution >= 4 is 29.4 Å². The molecule has 0 unspecified atom stereocenters. The highest BCUT2D eigenvalue weighted by molar-refractivity contribution is 6.30. The quantitative estimate of drug-likeness (QED) is 0.670. The fourth-order valence-corrected chi connectivity index (χ4v) is 3.32. The van der Waals surface area contributed by atoms with Gasteiger partial charge in [-0.1, -0.05) is 54.1 Å². The van der Waals surface area contributed by atoms with Crippen molar-refractivity contribution in [2.45, 2.75) is 30.7 Å². The molecule has 1 N–H and O–H groups in total. The van der Waals surface area contributed by atoms with E-state index in [-0.39, 0.29) is 6.42 Å². The molecule has 1 aliphatic rings. The number of esters is 2. The normalized spacial score (nSPS) is 15.1. The number of ether oxygens (including phenoxy) is 2. The minimum absolute atomic E-state index is 0.280. The van der Waals surface area contributed by atoms with E-state index < -0.39 is 35.9 Å². The number of halogens is 1. The van der Waals surface area contributed by atoms with E-state index in [0.717, 1.165) is 11.1 Å². The summed E-state index contributed by atoms with van der Waals surface area (Å²) in [6, 6.07) is 15.4. The third kappa shape index (κ3) is 5.15. The Hall–Kier alpha value is -2.86. The zero-order chi connectivity index (χ0) is 20.9. The van der Waals surface area contributed by atoms with Crippen LogP contribution in [-0.2, 0) is 35.7 Å². The van der Waals surface area contributed by atoms with E-state index in [2.05, 4.69) is 5.32 Å². The van der Waals surface area contributed by atoms with Crippen LogP contribution in [0.2, 0.25) is 5.02 Å². The van der Waals surface area contributed by atoms with Crippen LogP contribution < -0.4 is 5.32 Å². The zero-order valence-corrected chi connectivity index (χ0v) is 16.8. The summed E-state index contributed by atoms with van der Waals surface area (Å²) in [5, 5.41) is 3.17. The topological polar surface area (TPSA) is 81.7 Å². The number of carbonyl (C=O) groups excluding carboxylic acids is 3. The molecule has 1 amide bonds. The number of nitrogens with one attached hydrogen (secondary N) is 1. The first-order valence-corrected chi connectivity index (χ1v) is 9.67. The first-order chi connectivity index (χ1) is 13.9. The van der Waals surface area contributed by atoms with Crippen molar-refractivity contribution in [1.29, 1.82) is 0 Å². The van der Waals surface area contributed by atoms with Crippen LogP contribution in [0.15, 0.2) is 54.6 Å². The van der Waals surface area contributed by atoms with Gasteiger partial charge in [0, 0.05) is 11.4 Å². The summed E-state index contributed by atoms with van der Waals surface area (Å²) in [6.07, 6.45) is 1.60. The Balaban J connectivity index is 1.57. The second-order valence-electron chi connectivity index (χ2n) is 7.00. The Bertz CT molecular complexity index is 878. The summed E-state index contributed by atoms with van der Waals surface area (Å²) in [4.78, 5) is 36.9. The Labute approximate surface area is 174 Å². The number of carbonyl (C=O) groups is 3. The maximum Gasteiger partial charge on any atom is 0.328 e. The van der Waals surface area contributed by atoms with Crippen molar-refractivity contribution < 1.29 is 23.9 Å². The van der Waals surface area contributed by atoms with Gasteiger partial charge in [0.15, 0.2) is 6.61 Å². The average Bonchev–Trinajstić information content (AvgIpc) is 3.54. The van der Waals surface area contributed by atoms with E-state index in [4.69, 9.17) is 21.1 Å². The Morgan fingerprint density at radius 3 is 2.31 bits per heavy atom. The van der Waals surface area contributed by atoms with Crippen molar-refractivity contribution in [3.8, 4) is 0 Å². The van der Waals surface area contributed by atoms with Crippen LogP contribution in [0.4, 0.5) is 0 Å². The number of hydrogen-bond donors (Lipinski definition) is 1. The second-order valence-corrected chi connectivity index (χ2v) is 7.43. The minimum Gasteiger partial charge on any atom is -0.467 e. The van der Waals surface area contributed by atoms with Crippen molar-refractivity contribution in [3.63, 3.8) is 0 Å². The number of rotatable bonds is 8. The molecule has 0 heterocycles. The van der Waals surface area contributed by atoms with Gasteiger partial charge in [0.1, 0.15) is 6.04 Å². The Morgan fingerprint density at radius 1 is 1.07 bits per heavy atom. The molecule has 3 rings (SSSR count). The molecule has 0 aliphatic heterocycles. The molecule has 2 aromatic rings. The molecule has 1 atom stereocenters. The van der Waals surface area contributed by atoms with Crippen molar-refractivity contribution in [3.05, 3.63) is 70.7 Å². The highest BCUT2D eigenvalue weighted by Gasteiger charge is 2.52. The average molecular weight is 416 g/mol. The molecule has 7 heteroatoms. The van der Waals surface area contributed by atoms with Crippen molar-refractivity contribution in [2.75, 3.05) is 13.7 Å². The van der Waals surface area contributed by atoms with E-state index in [1.807, 2.05) is 30.3 Å². The highest BCUT2D eigenvalue weighted by atomic mass is 35.5. The monoisotopic (exact) mass is 415 g/mol. The van der Waals surface area contributed by atoms with Crippen LogP contribution in [0.5, 0.6) is 0 Å². The predicted molar refractivity (Wildman–Crippen MR) is 107 cm³/mol. The zero-order valence-electron chi connectivity index (χ0n) is 16.0. The summed E-state index contributed by atoms with van der Waals surface area (Å²) in [5.41, 5.74) is 0.986. The van der Waals surface area contributed by atoms with Gasteiger partial charge in [-0.3, -0.25) is 9.59 Å². The van der Waals surface area contributed by atoms with Crippen molar-refractivity contribution in [2.24, 2.45) is 0 Å². The predicted octanol–water partition coefficient (Wildman–Crippen LogP) is 2.82. The standard InChI is InChI=1S/C22H22ClNO5/c1-28-20(26)18(13-15-5-3-2-4-6-15)24-19(25)14-29-21(27)22(11-12-22)16-7-9-17(23)10-8-16/h2-10,18H,11-14H2,1H3,(H,24,25)/t18-/m0/s1. The molecule has 0 bridgehead atoms. The summed E-state index contributed by atoms with van der Waals surface area (Å²) in [6.45, 7) is -0.462. The van der Waals surface area contributed by atoms with Gasteiger partial charge in [-0.05, 0) is 36.1 Å². The molecular weight excluding hydrogens is 394 g/mol. The fourth-order valence-electron chi connectivity index (χ4n) is 3.20. The van der Waals surface area contributed by atoms with Gasteiger partial charge in [0.2, 0.25) is 0 Å². The molecule has 2 aromatic carbocycles. The molecule has 1 saturated carbocycles. The molecule has 0 saturated heterocycles. The smallest absolute Gasteiger partial charge is 0.328 e. The fraction of sp³-hybridized carbons (Fsp3) is 0.318. The molecule has 0 radical (unpaired) electrons. The number of amides is 1. The lowest BCUT2D eigenvalue weighted by Crippen LogP contribution is -2.45. The van der Waals surface area contributed by atoms with Crippen LogP contribution in [-0.4, -0.2) is 37.6 Å². The third-order valence-electron chi connectivity index (χ3n) is 4.98. The SMILES string of the molecule is COC(=O)[C@H](Cc1ccccc1)NC(=O)COC(=O)C1(c2ccc(Cl)cc2)CC1. The van der Waals surface area contributed by atoms with Gasteiger partial charge in [0.25, 0.3) is 5.91 Å². The molecule has 1 aliphatic carbocycles. The van der Waals surface area contributed by atoms with Gasteiger partial charge in [-0.25, -0.2) is 4.79 Å². The number of benzene rings is 2. The van der Waals surface area contributed by atoms with Crippen molar-refractivity contribution in [1.82, 2.24) is 5.32 Å². The van der Waals surface area contributed by atoms with E-state index in [9.17, 15) is 14.4 Å². The molecule has 0 aromatic heterocycles. The van der Waals surface area contributed by atoms with E-state index in [0.29, 0.717) is 17.9 Å². The second kappa shape index (κ2) is 9.09. The van der Waals surface area contributed by atoms with Crippen LogP contribution in [0.3, 0.4) is 0 Å². The maximum absolute atomic E-state index is 12.6. The number of hydrogen-bond acceptors (Lipinski definition) is 5. The first kappa shape index (κ1) is 20.9. The summed E-state index contributed by atoms with van der Waals surface area (Å²) in [7, 11) is 1.26. The van der Waals surface area contributed by atoms with Crippen LogP contribution in [0.25, 0.3) is 0 Å².